The average molecular weight is 387 g/mol. The Balaban J connectivity index is 1.49. The molecule has 1 aromatic carbocycles. The first-order valence-electron chi connectivity index (χ1n) is 10.2. The molecule has 1 unspecified atom stereocenters. The van der Waals surface area contributed by atoms with Gasteiger partial charge in [0.05, 0.1) is 18.9 Å². The predicted molar refractivity (Wildman–Crippen MR) is 106 cm³/mol. The molecule has 0 radical (unpaired) electrons. The van der Waals surface area contributed by atoms with E-state index in [0.29, 0.717) is 19.5 Å². The van der Waals surface area contributed by atoms with Gasteiger partial charge in [-0.1, -0.05) is 5.16 Å². The van der Waals surface area contributed by atoms with Crippen LogP contribution in [0.4, 0.5) is 0 Å². The summed E-state index contributed by atoms with van der Waals surface area (Å²) in [5.74, 6) is 1.45. The molecule has 28 heavy (non-hydrogen) atoms. The van der Waals surface area contributed by atoms with Crippen molar-refractivity contribution in [2.24, 2.45) is 5.16 Å². The number of amides is 1. The lowest BCUT2D eigenvalue weighted by atomic mass is 9.94. The van der Waals surface area contributed by atoms with E-state index in [0.717, 1.165) is 48.7 Å². The van der Waals surface area contributed by atoms with Crippen molar-refractivity contribution in [3.63, 3.8) is 0 Å². The van der Waals surface area contributed by atoms with Gasteiger partial charge in [-0.25, -0.2) is 0 Å². The molecule has 2 fully saturated rings. The van der Waals surface area contributed by atoms with Gasteiger partial charge >= 0.3 is 0 Å². The minimum atomic E-state index is -0.945. The van der Waals surface area contributed by atoms with E-state index in [4.69, 9.17) is 14.3 Å². The molecule has 4 rings (SSSR count). The zero-order chi connectivity index (χ0) is 19.6. The number of rotatable bonds is 5. The Bertz CT molecular complexity index is 754. The summed E-state index contributed by atoms with van der Waals surface area (Å²) in [6.45, 7) is 4.86. The smallest absolute Gasteiger partial charge is 0.269 e. The van der Waals surface area contributed by atoms with E-state index < -0.39 is 5.60 Å². The minimum absolute atomic E-state index is 0.00342. The van der Waals surface area contributed by atoms with Gasteiger partial charge in [-0.15, -0.1) is 0 Å². The van der Waals surface area contributed by atoms with Crippen LogP contribution in [0.5, 0.6) is 11.5 Å². The largest absolute Gasteiger partial charge is 0.493 e. The van der Waals surface area contributed by atoms with Crippen molar-refractivity contribution >= 4 is 11.6 Å². The maximum atomic E-state index is 13.0. The first-order valence-corrected chi connectivity index (χ1v) is 10.2. The number of hydrogen-bond acceptors (Lipinski definition) is 6. The third-order valence-corrected chi connectivity index (χ3v) is 5.81. The molecular weight excluding hydrogens is 358 g/mol. The molecule has 1 aromatic rings. The number of nitrogens with zero attached hydrogens (tertiary/aromatic N) is 2. The zero-order valence-corrected chi connectivity index (χ0v) is 16.7. The van der Waals surface area contributed by atoms with E-state index in [1.54, 1.807) is 7.11 Å². The van der Waals surface area contributed by atoms with Crippen molar-refractivity contribution in [3.05, 3.63) is 23.8 Å². The summed E-state index contributed by atoms with van der Waals surface area (Å²) in [7, 11) is 1.65. The number of piperazine rings is 1. The molecule has 7 heteroatoms. The topological polar surface area (TPSA) is 72.4 Å². The summed E-state index contributed by atoms with van der Waals surface area (Å²) in [4.78, 5) is 20.5. The van der Waals surface area contributed by atoms with Crippen LogP contribution in [0, 0.1) is 0 Å². The summed E-state index contributed by atoms with van der Waals surface area (Å²) < 4.78 is 11.7. The SMILES string of the molecule is COc1ccc(C2=NOC(C)(C(=O)N3CCNCC3)C2)cc1OC1CCCC1. The van der Waals surface area contributed by atoms with Gasteiger partial charge in [-0.2, -0.15) is 0 Å². The Morgan fingerprint density at radius 1 is 1.25 bits per heavy atom. The van der Waals surface area contributed by atoms with E-state index in [9.17, 15) is 4.79 Å². The Morgan fingerprint density at radius 3 is 2.71 bits per heavy atom. The summed E-state index contributed by atoms with van der Waals surface area (Å²) in [6.07, 6.45) is 5.26. The highest BCUT2D eigenvalue weighted by atomic mass is 16.7. The van der Waals surface area contributed by atoms with Crippen LogP contribution >= 0.6 is 0 Å². The minimum Gasteiger partial charge on any atom is -0.493 e. The van der Waals surface area contributed by atoms with Gasteiger partial charge in [0.15, 0.2) is 11.5 Å². The molecule has 152 valence electrons. The lowest BCUT2D eigenvalue weighted by Gasteiger charge is -2.32. The molecule has 1 amide bonds. The lowest BCUT2D eigenvalue weighted by Crippen LogP contribution is -2.54. The fourth-order valence-electron chi connectivity index (χ4n) is 4.15. The molecule has 1 aliphatic carbocycles. The molecule has 0 bridgehead atoms. The van der Waals surface area contributed by atoms with E-state index in [1.807, 2.05) is 30.0 Å². The molecule has 0 spiro atoms. The second-order valence-corrected chi connectivity index (χ2v) is 7.97. The van der Waals surface area contributed by atoms with Crippen LogP contribution in [0.2, 0.25) is 0 Å². The normalized spacial score (nSPS) is 25.4. The highest BCUT2D eigenvalue weighted by Gasteiger charge is 2.45. The first kappa shape index (κ1) is 19.1. The molecular formula is C21H29N3O4. The van der Waals surface area contributed by atoms with E-state index in [1.165, 1.54) is 12.8 Å². The maximum Gasteiger partial charge on any atom is 0.269 e. The molecule has 1 saturated carbocycles. The molecule has 1 atom stereocenters. The first-order chi connectivity index (χ1) is 13.6. The maximum absolute atomic E-state index is 13.0. The monoisotopic (exact) mass is 387 g/mol. The van der Waals surface area contributed by atoms with Crippen molar-refractivity contribution in [1.82, 2.24) is 10.2 Å². The summed E-state index contributed by atoms with van der Waals surface area (Å²) >= 11 is 0. The number of oxime groups is 1. The standard InChI is InChI=1S/C21H29N3O4/c1-21(20(25)24-11-9-22-10-12-24)14-17(23-28-21)15-7-8-18(26-2)19(13-15)27-16-5-3-4-6-16/h7-8,13,16,22H,3-6,9-12,14H2,1-2H3. The van der Waals surface area contributed by atoms with Crippen LogP contribution in [0.1, 0.15) is 44.6 Å². The second-order valence-electron chi connectivity index (χ2n) is 7.97. The molecule has 7 nitrogen and oxygen atoms in total. The van der Waals surface area contributed by atoms with Crippen molar-refractivity contribution in [2.75, 3.05) is 33.3 Å². The third kappa shape index (κ3) is 3.81. The average Bonchev–Trinajstić information content (AvgIpc) is 3.38. The number of methoxy groups -OCH3 is 1. The fraction of sp³-hybridized carbons (Fsp3) is 0.619. The number of hydrogen-bond donors (Lipinski definition) is 1. The zero-order valence-electron chi connectivity index (χ0n) is 16.7. The van der Waals surface area contributed by atoms with Gasteiger partial charge in [0.1, 0.15) is 0 Å². The van der Waals surface area contributed by atoms with Crippen molar-refractivity contribution in [2.45, 2.75) is 50.7 Å². The van der Waals surface area contributed by atoms with Crippen LogP contribution in [-0.4, -0.2) is 61.5 Å². The Morgan fingerprint density at radius 2 is 2.00 bits per heavy atom. The van der Waals surface area contributed by atoms with E-state index in [2.05, 4.69) is 10.5 Å². The van der Waals surface area contributed by atoms with Gasteiger partial charge in [0, 0.05) is 38.2 Å². The van der Waals surface area contributed by atoms with Crippen LogP contribution in [0.3, 0.4) is 0 Å². The molecule has 2 heterocycles. The van der Waals surface area contributed by atoms with E-state index in [-0.39, 0.29) is 12.0 Å². The number of nitrogens with one attached hydrogen (secondary N) is 1. The molecule has 0 aromatic heterocycles. The number of benzene rings is 1. The van der Waals surface area contributed by atoms with Crippen LogP contribution in [0.25, 0.3) is 0 Å². The van der Waals surface area contributed by atoms with Gasteiger partial charge in [0.25, 0.3) is 5.91 Å². The Kier molecular flexibility index (Phi) is 5.44. The highest BCUT2D eigenvalue weighted by Crippen LogP contribution is 2.35. The molecule has 3 aliphatic rings. The summed E-state index contributed by atoms with van der Waals surface area (Å²) in [5.41, 5.74) is 0.731. The van der Waals surface area contributed by atoms with Gasteiger partial charge in [0.2, 0.25) is 5.60 Å². The van der Waals surface area contributed by atoms with Crippen LogP contribution in [-0.2, 0) is 9.63 Å². The number of carbonyl (C=O) groups excluding carboxylic acids is 1. The van der Waals surface area contributed by atoms with Gasteiger partial charge in [-0.3, -0.25) is 4.79 Å². The molecule has 2 aliphatic heterocycles. The fourth-order valence-corrected chi connectivity index (χ4v) is 4.15. The molecule has 1 N–H and O–H groups in total. The highest BCUT2D eigenvalue weighted by molar-refractivity contribution is 6.05. The lowest BCUT2D eigenvalue weighted by molar-refractivity contribution is -0.153. The number of ether oxygens (including phenoxy) is 2. The van der Waals surface area contributed by atoms with Crippen molar-refractivity contribution in [1.29, 1.82) is 0 Å². The second kappa shape index (κ2) is 7.99. The predicted octanol–water partition coefficient (Wildman–Crippen LogP) is 2.33. The quantitative estimate of drug-likeness (QED) is 0.840. The van der Waals surface area contributed by atoms with Crippen molar-refractivity contribution < 1.29 is 19.1 Å². The molecule has 1 saturated heterocycles. The van der Waals surface area contributed by atoms with Crippen molar-refractivity contribution in [3.8, 4) is 11.5 Å². The van der Waals surface area contributed by atoms with Crippen LogP contribution < -0.4 is 14.8 Å². The van der Waals surface area contributed by atoms with E-state index >= 15 is 0 Å². The third-order valence-electron chi connectivity index (χ3n) is 5.81. The number of carbonyl (C=O) groups is 1. The summed E-state index contributed by atoms with van der Waals surface area (Å²) in [5, 5.41) is 7.53. The van der Waals surface area contributed by atoms with Gasteiger partial charge < -0.3 is 24.5 Å². The summed E-state index contributed by atoms with van der Waals surface area (Å²) in [6, 6.07) is 5.81. The Hall–Kier alpha value is -2.28. The Labute approximate surface area is 166 Å². The van der Waals surface area contributed by atoms with Crippen LogP contribution in [0.15, 0.2) is 23.4 Å². The van der Waals surface area contributed by atoms with Gasteiger partial charge in [-0.05, 0) is 50.8 Å².